The molecule has 180 valence electrons. The summed E-state index contributed by atoms with van der Waals surface area (Å²) in [6, 6.07) is 45.5. The minimum atomic E-state index is 0.642. The van der Waals surface area contributed by atoms with Gasteiger partial charge in [0.15, 0.2) is 0 Å². The van der Waals surface area contributed by atoms with Gasteiger partial charge in [0.05, 0.1) is 22.4 Å². The summed E-state index contributed by atoms with van der Waals surface area (Å²) in [6.07, 6.45) is 0. The number of benzene rings is 5. The van der Waals surface area contributed by atoms with Gasteiger partial charge in [0.1, 0.15) is 0 Å². The van der Waals surface area contributed by atoms with E-state index in [-0.39, 0.29) is 0 Å². The van der Waals surface area contributed by atoms with E-state index in [2.05, 4.69) is 83.4 Å². The third-order valence-electron chi connectivity index (χ3n) is 7.00. The van der Waals surface area contributed by atoms with Crippen LogP contribution in [0.1, 0.15) is 0 Å². The third kappa shape index (κ3) is 3.71. The van der Waals surface area contributed by atoms with Crippen molar-refractivity contribution in [1.82, 2.24) is 14.5 Å². The Morgan fingerprint density at radius 1 is 0.474 bits per heavy atom. The number of hydrogen-bond donors (Lipinski definition) is 1. The first kappa shape index (κ1) is 22.0. The number of nitrogen functional groups attached to an aromatic ring is 1. The highest BCUT2D eigenvalue weighted by molar-refractivity contribution is 6.10. The number of nitrogens with two attached hydrogens (primary N) is 1. The molecule has 0 bridgehead atoms. The Kier molecular flexibility index (Phi) is 5.22. The molecule has 0 aliphatic heterocycles. The minimum Gasteiger partial charge on any atom is -0.398 e. The second-order valence-electron chi connectivity index (χ2n) is 9.34. The quantitative estimate of drug-likeness (QED) is 0.254. The summed E-state index contributed by atoms with van der Waals surface area (Å²) in [5.41, 5.74) is 15.2. The van der Waals surface area contributed by atoms with Gasteiger partial charge in [-0.25, -0.2) is 9.97 Å². The van der Waals surface area contributed by atoms with Gasteiger partial charge in [-0.2, -0.15) is 0 Å². The minimum absolute atomic E-state index is 0.642. The largest absolute Gasteiger partial charge is 0.398 e. The smallest absolute Gasteiger partial charge is 0.235 e. The van der Waals surface area contributed by atoms with Crippen LogP contribution in [-0.4, -0.2) is 14.5 Å². The normalized spacial score (nSPS) is 11.3. The summed E-state index contributed by atoms with van der Waals surface area (Å²) >= 11 is 0. The summed E-state index contributed by atoms with van der Waals surface area (Å²) in [7, 11) is 0. The molecule has 2 N–H and O–H groups in total. The fourth-order valence-electron chi connectivity index (χ4n) is 5.16. The van der Waals surface area contributed by atoms with E-state index in [0.717, 1.165) is 61.1 Å². The second kappa shape index (κ2) is 9.02. The number of anilines is 1. The van der Waals surface area contributed by atoms with Crippen LogP contribution in [0.5, 0.6) is 0 Å². The SMILES string of the molecule is Nc1ccccc1-c1ccc2c(c1)c1ccccc1n2-c1nc(-c2ccccc2)cc(-c2ccccc2)n1. The Morgan fingerprint density at radius 3 is 1.74 bits per heavy atom. The highest BCUT2D eigenvalue weighted by atomic mass is 15.2. The predicted molar refractivity (Wildman–Crippen MR) is 157 cm³/mol. The molecule has 0 aliphatic carbocycles. The van der Waals surface area contributed by atoms with Crippen molar-refractivity contribution in [2.75, 3.05) is 5.73 Å². The number of para-hydroxylation sites is 2. The lowest BCUT2D eigenvalue weighted by molar-refractivity contribution is 0.995. The molecular weight excluding hydrogens is 464 g/mol. The molecule has 0 atom stereocenters. The Morgan fingerprint density at radius 2 is 1.05 bits per heavy atom. The van der Waals surface area contributed by atoms with Crippen molar-refractivity contribution >= 4 is 27.5 Å². The van der Waals surface area contributed by atoms with Crippen LogP contribution in [0.25, 0.3) is 61.4 Å². The van der Waals surface area contributed by atoms with Crippen molar-refractivity contribution in [2.45, 2.75) is 0 Å². The van der Waals surface area contributed by atoms with Gasteiger partial charge in [-0.1, -0.05) is 103 Å². The van der Waals surface area contributed by atoms with E-state index in [1.54, 1.807) is 0 Å². The van der Waals surface area contributed by atoms with Crippen LogP contribution < -0.4 is 5.73 Å². The topological polar surface area (TPSA) is 56.7 Å². The molecule has 0 saturated heterocycles. The van der Waals surface area contributed by atoms with Crippen LogP contribution in [0, 0.1) is 0 Å². The van der Waals surface area contributed by atoms with Gasteiger partial charge >= 0.3 is 0 Å². The van der Waals surface area contributed by atoms with E-state index in [0.29, 0.717) is 5.95 Å². The monoisotopic (exact) mass is 488 g/mol. The lowest BCUT2D eigenvalue weighted by atomic mass is 10.0. The Hall–Kier alpha value is -5.22. The van der Waals surface area contributed by atoms with Crippen molar-refractivity contribution in [2.24, 2.45) is 0 Å². The zero-order valence-electron chi connectivity index (χ0n) is 20.6. The third-order valence-corrected chi connectivity index (χ3v) is 7.00. The van der Waals surface area contributed by atoms with Crippen molar-refractivity contribution in [3.63, 3.8) is 0 Å². The van der Waals surface area contributed by atoms with E-state index in [1.165, 1.54) is 0 Å². The van der Waals surface area contributed by atoms with Gasteiger partial charge in [0.2, 0.25) is 5.95 Å². The first-order valence-corrected chi connectivity index (χ1v) is 12.6. The van der Waals surface area contributed by atoms with Gasteiger partial charge in [0.25, 0.3) is 0 Å². The van der Waals surface area contributed by atoms with Crippen molar-refractivity contribution in [1.29, 1.82) is 0 Å². The standard InChI is InChI=1S/C34H24N4/c35-29-17-9-7-15-26(29)25-19-20-33-28(21-25)27-16-8-10-18-32(27)38(33)34-36-30(23-11-3-1-4-12-23)22-31(37-34)24-13-5-2-6-14-24/h1-22H,35H2. The summed E-state index contributed by atoms with van der Waals surface area (Å²) in [5, 5.41) is 2.28. The fraction of sp³-hybridized carbons (Fsp3) is 0. The molecule has 7 aromatic rings. The summed E-state index contributed by atoms with van der Waals surface area (Å²) in [6.45, 7) is 0. The maximum absolute atomic E-state index is 6.32. The van der Waals surface area contributed by atoms with Gasteiger partial charge in [0, 0.05) is 33.2 Å². The Labute approximate surface area is 220 Å². The predicted octanol–water partition coefficient (Wildman–Crippen LogP) is 8.16. The Bertz CT molecular complexity index is 1860. The molecule has 5 aromatic carbocycles. The lowest BCUT2D eigenvalue weighted by Gasteiger charge is -2.12. The van der Waals surface area contributed by atoms with Crippen molar-refractivity contribution in [3.8, 4) is 39.6 Å². The number of hydrogen-bond acceptors (Lipinski definition) is 3. The van der Waals surface area contributed by atoms with Crippen LogP contribution in [0.2, 0.25) is 0 Å². The molecule has 0 aliphatic rings. The van der Waals surface area contributed by atoms with E-state index in [9.17, 15) is 0 Å². The molecule has 2 aromatic heterocycles. The first-order valence-electron chi connectivity index (χ1n) is 12.6. The number of aromatic nitrogens is 3. The summed E-state index contributed by atoms with van der Waals surface area (Å²) in [5.74, 6) is 0.642. The number of nitrogens with zero attached hydrogens (tertiary/aromatic N) is 3. The van der Waals surface area contributed by atoms with E-state index >= 15 is 0 Å². The van der Waals surface area contributed by atoms with E-state index in [4.69, 9.17) is 15.7 Å². The molecule has 4 nitrogen and oxygen atoms in total. The van der Waals surface area contributed by atoms with Crippen molar-refractivity contribution < 1.29 is 0 Å². The average molecular weight is 489 g/mol. The van der Waals surface area contributed by atoms with E-state index < -0.39 is 0 Å². The molecule has 2 heterocycles. The van der Waals surface area contributed by atoms with E-state index in [1.807, 2.05) is 54.6 Å². The highest BCUT2D eigenvalue weighted by Gasteiger charge is 2.17. The van der Waals surface area contributed by atoms with Crippen LogP contribution in [0.15, 0.2) is 133 Å². The van der Waals surface area contributed by atoms with Gasteiger partial charge in [-0.15, -0.1) is 0 Å². The van der Waals surface area contributed by atoms with Crippen LogP contribution >= 0.6 is 0 Å². The second-order valence-corrected chi connectivity index (χ2v) is 9.34. The van der Waals surface area contributed by atoms with Crippen LogP contribution in [0.3, 0.4) is 0 Å². The molecule has 0 radical (unpaired) electrons. The molecule has 0 amide bonds. The molecule has 0 unspecified atom stereocenters. The number of rotatable bonds is 4. The average Bonchev–Trinajstić information content (AvgIpc) is 3.32. The highest BCUT2D eigenvalue weighted by Crippen LogP contribution is 2.36. The maximum Gasteiger partial charge on any atom is 0.235 e. The molecule has 7 rings (SSSR count). The molecule has 0 saturated carbocycles. The zero-order chi connectivity index (χ0) is 25.5. The van der Waals surface area contributed by atoms with Gasteiger partial charge < -0.3 is 5.73 Å². The zero-order valence-corrected chi connectivity index (χ0v) is 20.6. The van der Waals surface area contributed by atoms with Crippen molar-refractivity contribution in [3.05, 3.63) is 133 Å². The molecule has 4 heteroatoms. The van der Waals surface area contributed by atoms with Crippen LogP contribution in [-0.2, 0) is 0 Å². The molecule has 0 fully saturated rings. The number of fused-ring (bicyclic) bond motifs is 3. The first-order chi connectivity index (χ1) is 18.8. The van der Waals surface area contributed by atoms with Gasteiger partial charge in [-0.3, -0.25) is 4.57 Å². The maximum atomic E-state index is 6.32. The molecule has 38 heavy (non-hydrogen) atoms. The molecular formula is C34H24N4. The van der Waals surface area contributed by atoms with Gasteiger partial charge in [-0.05, 0) is 35.9 Å². The summed E-state index contributed by atoms with van der Waals surface area (Å²) < 4.78 is 2.17. The Balaban J connectivity index is 1.51. The fourth-order valence-corrected chi connectivity index (χ4v) is 5.16. The molecule has 0 spiro atoms. The lowest BCUT2D eigenvalue weighted by Crippen LogP contribution is -2.04. The summed E-state index contributed by atoms with van der Waals surface area (Å²) in [4.78, 5) is 10.2. The van der Waals surface area contributed by atoms with Crippen LogP contribution in [0.4, 0.5) is 5.69 Å².